The van der Waals surface area contributed by atoms with E-state index in [0.717, 1.165) is 38.2 Å². The number of rotatable bonds is 2. The van der Waals surface area contributed by atoms with Crippen LogP contribution in [0.3, 0.4) is 0 Å². The highest BCUT2D eigenvalue weighted by molar-refractivity contribution is 5.48. The molecule has 3 rings (SSSR count). The molecule has 1 aliphatic rings. The van der Waals surface area contributed by atoms with Gasteiger partial charge in [-0.2, -0.15) is 0 Å². The van der Waals surface area contributed by atoms with Crippen molar-refractivity contribution < 1.29 is 0 Å². The van der Waals surface area contributed by atoms with Gasteiger partial charge in [-0.3, -0.25) is 9.36 Å². The van der Waals surface area contributed by atoms with Crippen LogP contribution in [-0.4, -0.2) is 11.1 Å². The van der Waals surface area contributed by atoms with E-state index in [1.807, 2.05) is 16.7 Å². The Morgan fingerprint density at radius 2 is 1.89 bits per heavy atom. The first-order valence-corrected chi connectivity index (χ1v) is 6.85. The summed E-state index contributed by atoms with van der Waals surface area (Å²) >= 11 is 0. The molecular formula is C16H18N2O. The minimum Gasteiger partial charge on any atom is -0.371 e. The molecule has 2 aromatic rings. The Morgan fingerprint density at radius 3 is 2.74 bits per heavy atom. The van der Waals surface area contributed by atoms with Crippen LogP contribution < -0.4 is 10.9 Å². The quantitative estimate of drug-likeness (QED) is 0.894. The highest BCUT2D eigenvalue weighted by Crippen LogP contribution is 2.20. The zero-order valence-electron chi connectivity index (χ0n) is 10.9. The number of nitrogens with one attached hydrogen (secondary N) is 1. The number of fused-ring (bicyclic) bond motifs is 1. The molecule has 0 atom stereocenters. The second-order valence-corrected chi connectivity index (χ2v) is 4.99. The predicted octanol–water partition coefficient (Wildman–Crippen LogP) is 2.64. The molecule has 0 saturated heterocycles. The first-order valence-electron chi connectivity index (χ1n) is 6.85. The molecule has 1 N–H and O–H groups in total. The fraction of sp³-hybridized carbons (Fsp3) is 0.312. The average molecular weight is 254 g/mol. The first-order chi connectivity index (χ1) is 9.34. The van der Waals surface area contributed by atoms with Gasteiger partial charge in [-0.15, -0.1) is 0 Å². The zero-order valence-corrected chi connectivity index (χ0v) is 10.9. The van der Waals surface area contributed by atoms with Crippen LogP contribution in [0.15, 0.2) is 47.3 Å². The summed E-state index contributed by atoms with van der Waals surface area (Å²) in [6.07, 6.45) is 3.05. The van der Waals surface area contributed by atoms with E-state index < -0.39 is 0 Å². The third-order valence-electron chi connectivity index (χ3n) is 3.61. The van der Waals surface area contributed by atoms with E-state index in [2.05, 4.69) is 29.6 Å². The van der Waals surface area contributed by atoms with Crippen LogP contribution in [0.4, 0.5) is 5.82 Å². The van der Waals surface area contributed by atoms with Gasteiger partial charge in [0.25, 0.3) is 5.56 Å². The lowest BCUT2D eigenvalue weighted by Crippen LogP contribution is -2.22. The van der Waals surface area contributed by atoms with Crippen LogP contribution >= 0.6 is 0 Å². The van der Waals surface area contributed by atoms with E-state index in [0.29, 0.717) is 0 Å². The fourth-order valence-corrected chi connectivity index (χ4v) is 2.62. The summed E-state index contributed by atoms with van der Waals surface area (Å²) in [5.74, 6) is 1.01. The van der Waals surface area contributed by atoms with Crippen LogP contribution in [0, 0.1) is 0 Å². The summed E-state index contributed by atoms with van der Waals surface area (Å²) in [7, 11) is 0. The topological polar surface area (TPSA) is 34.0 Å². The minimum absolute atomic E-state index is 0.0983. The molecule has 2 heterocycles. The molecule has 3 nitrogen and oxygen atoms in total. The Kier molecular flexibility index (Phi) is 3.36. The molecule has 1 aromatic carbocycles. The average Bonchev–Trinajstić information content (AvgIpc) is 2.70. The molecule has 0 amide bonds. The van der Waals surface area contributed by atoms with E-state index in [-0.39, 0.29) is 5.56 Å². The third kappa shape index (κ3) is 2.55. The Morgan fingerprint density at radius 1 is 1.05 bits per heavy atom. The van der Waals surface area contributed by atoms with Gasteiger partial charge in [-0.25, -0.2) is 0 Å². The molecular weight excluding hydrogens is 236 g/mol. The minimum atomic E-state index is 0.0983. The summed E-state index contributed by atoms with van der Waals surface area (Å²) in [4.78, 5) is 11.9. The van der Waals surface area contributed by atoms with Crippen molar-refractivity contribution in [3.63, 3.8) is 0 Å². The number of pyridine rings is 1. The van der Waals surface area contributed by atoms with E-state index in [1.54, 1.807) is 6.07 Å². The van der Waals surface area contributed by atoms with Gasteiger partial charge in [-0.1, -0.05) is 30.3 Å². The van der Waals surface area contributed by atoms with Gasteiger partial charge < -0.3 is 5.32 Å². The Hall–Kier alpha value is -2.03. The highest BCUT2D eigenvalue weighted by Gasteiger charge is 2.12. The lowest BCUT2D eigenvalue weighted by molar-refractivity contribution is 0.635. The van der Waals surface area contributed by atoms with Gasteiger partial charge in [0.15, 0.2) is 0 Å². The van der Waals surface area contributed by atoms with E-state index >= 15 is 0 Å². The van der Waals surface area contributed by atoms with Crippen LogP contribution in [-0.2, 0) is 13.0 Å². The normalized spacial score (nSPS) is 14.3. The van der Waals surface area contributed by atoms with Gasteiger partial charge >= 0.3 is 0 Å². The first kappa shape index (κ1) is 12.0. The summed E-state index contributed by atoms with van der Waals surface area (Å²) in [6, 6.07) is 14.0. The Bertz CT molecular complexity index is 616. The maximum atomic E-state index is 11.9. The molecule has 0 aliphatic carbocycles. The molecule has 0 fully saturated rings. The standard InChI is InChI=1S/C16H18N2O/c19-15-9-8-14(12-13-6-2-1-3-7-13)16-17-10-4-5-11-18(15)16/h1-3,6-9,17H,4-5,10-12H2. The summed E-state index contributed by atoms with van der Waals surface area (Å²) in [5, 5.41) is 3.42. The summed E-state index contributed by atoms with van der Waals surface area (Å²) < 4.78 is 1.88. The molecule has 1 aliphatic heterocycles. The van der Waals surface area contributed by atoms with Gasteiger partial charge in [0.05, 0.1) is 0 Å². The van der Waals surface area contributed by atoms with Crippen molar-refractivity contribution in [2.24, 2.45) is 0 Å². The molecule has 1 aromatic heterocycles. The molecule has 19 heavy (non-hydrogen) atoms. The van der Waals surface area contributed by atoms with Crippen molar-refractivity contribution in [1.82, 2.24) is 4.57 Å². The van der Waals surface area contributed by atoms with E-state index in [1.165, 1.54) is 11.1 Å². The molecule has 0 unspecified atom stereocenters. The monoisotopic (exact) mass is 254 g/mol. The van der Waals surface area contributed by atoms with Crippen LogP contribution in [0.2, 0.25) is 0 Å². The Balaban J connectivity index is 2.00. The predicted molar refractivity (Wildman–Crippen MR) is 77.7 cm³/mol. The number of aromatic nitrogens is 1. The third-order valence-corrected chi connectivity index (χ3v) is 3.61. The van der Waals surface area contributed by atoms with Crippen LogP contribution in [0.25, 0.3) is 0 Å². The van der Waals surface area contributed by atoms with Crippen molar-refractivity contribution in [1.29, 1.82) is 0 Å². The summed E-state index contributed by atoms with van der Waals surface area (Å²) in [5.41, 5.74) is 2.57. The zero-order chi connectivity index (χ0) is 13.1. The number of hydrogen-bond acceptors (Lipinski definition) is 2. The van der Waals surface area contributed by atoms with Gasteiger partial charge in [-0.05, 0) is 30.0 Å². The molecule has 0 bridgehead atoms. The molecule has 0 spiro atoms. The highest BCUT2D eigenvalue weighted by atomic mass is 16.1. The van der Waals surface area contributed by atoms with Crippen molar-refractivity contribution in [2.45, 2.75) is 25.8 Å². The summed E-state index contributed by atoms with van der Waals surface area (Å²) in [6.45, 7) is 1.77. The van der Waals surface area contributed by atoms with Gasteiger partial charge in [0, 0.05) is 25.6 Å². The number of nitrogens with zero attached hydrogens (tertiary/aromatic N) is 1. The second kappa shape index (κ2) is 5.31. The van der Waals surface area contributed by atoms with E-state index in [4.69, 9.17) is 0 Å². The van der Waals surface area contributed by atoms with Crippen LogP contribution in [0.5, 0.6) is 0 Å². The largest absolute Gasteiger partial charge is 0.371 e. The second-order valence-electron chi connectivity index (χ2n) is 4.99. The SMILES string of the molecule is O=c1ccc(Cc2ccccc2)c2n1CCCCN2. The number of benzene rings is 1. The maximum absolute atomic E-state index is 11.9. The van der Waals surface area contributed by atoms with E-state index in [9.17, 15) is 4.79 Å². The number of hydrogen-bond donors (Lipinski definition) is 1. The van der Waals surface area contributed by atoms with Crippen LogP contribution in [0.1, 0.15) is 24.0 Å². The maximum Gasteiger partial charge on any atom is 0.252 e. The number of anilines is 1. The lowest BCUT2D eigenvalue weighted by atomic mass is 10.1. The molecule has 98 valence electrons. The van der Waals surface area contributed by atoms with Crippen molar-refractivity contribution in [3.05, 3.63) is 63.9 Å². The molecule has 0 radical (unpaired) electrons. The van der Waals surface area contributed by atoms with Crippen molar-refractivity contribution in [3.8, 4) is 0 Å². The van der Waals surface area contributed by atoms with Gasteiger partial charge in [0.2, 0.25) is 0 Å². The fourth-order valence-electron chi connectivity index (χ4n) is 2.62. The Labute approximate surface area is 112 Å². The van der Waals surface area contributed by atoms with Gasteiger partial charge in [0.1, 0.15) is 5.82 Å². The van der Waals surface area contributed by atoms with Crippen molar-refractivity contribution in [2.75, 3.05) is 11.9 Å². The van der Waals surface area contributed by atoms with Crippen molar-refractivity contribution >= 4 is 5.82 Å². The molecule has 0 saturated carbocycles. The smallest absolute Gasteiger partial charge is 0.252 e. The molecule has 3 heteroatoms. The lowest BCUT2D eigenvalue weighted by Gasteiger charge is -2.15.